The van der Waals surface area contributed by atoms with E-state index in [0.717, 1.165) is 29.5 Å². The van der Waals surface area contributed by atoms with Crippen LogP contribution in [-0.2, 0) is 20.7 Å². The Morgan fingerprint density at radius 3 is 2.83 bits per heavy atom. The number of carbonyl (C=O) groups excluding carboxylic acids is 2. The van der Waals surface area contributed by atoms with Gasteiger partial charge >= 0.3 is 0 Å². The number of benzene rings is 1. The van der Waals surface area contributed by atoms with Crippen molar-refractivity contribution in [2.45, 2.75) is 32.3 Å². The molecule has 2 rings (SSSR count). The molecule has 1 aromatic rings. The molecule has 1 N–H and O–H groups in total. The Labute approximate surface area is 145 Å². The molecule has 2 amide bonds. The van der Waals surface area contributed by atoms with Crippen molar-refractivity contribution in [3.8, 4) is 0 Å². The monoisotopic (exact) mass is 382 g/mol. The lowest BCUT2D eigenvalue weighted by Gasteiger charge is -2.24. The van der Waals surface area contributed by atoms with Gasteiger partial charge < -0.3 is 15.0 Å². The summed E-state index contributed by atoms with van der Waals surface area (Å²) in [5.74, 6) is -0.0296. The average molecular weight is 383 g/mol. The number of amides is 2. The van der Waals surface area contributed by atoms with E-state index in [1.165, 1.54) is 0 Å². The van der Waals surface area contributed by atoms with Gasteiger partial charge in [-0.3, -0.25) is 9.59 Å². The molecule has 126 valence electrons. The first-order valence-corrected chi connectivity index (χ1v) is 8.73. The zero-order valence-electron chi connectivity index (χ0n) is 13.4. The highest BCUT2D eigenvalue weighted by Crippen LogP contribution is 2.16. The topological polar surface area (TPSA) is 58.6 Å². The van der Waals surface area contributed by atoms with Crippen molar-refractivity contribution < 1.29 is 14.3 Å². The van der Waals surface area contributed by atoms with Gasteiger partial charge in [-0.2, -0.15) is 0 Å². The van der Waals surface area contributed by atoms with E-state index < -0.39 is 0 Å². The molecule has 1 saturated heterocycles. The van der Waals surface area contributed by atoms with Crippen LogP contribution in [-0.4, -0.2) is 49.1 Å². The minimum atomic E-state index is -0.0440. The van der Waals surface area contributed by atoms with Gasteiger partial charge in [0, 0.05) is 37.6 Å². The van der Waals surface area contributed by atoms with Crippen LogP contribution in [0.4, 0.5) is 0 Å². The molecule has 6 heteroatoms. The standard InChI is InChI=1S/C17H23BrN2O3/c1-13(21)20(12-15-6-4-10-23-15)9-8-19-17(22)11-14-5-2-3-7-16(14)18/h2-3,5,7,15H,4,6,8-12H2,1H3,(H,19,22). The van der Waals surface area contributed by atoms with E-state index in [0.29, 0.717) is 26.1 Å². The number of carbonyl (C=O) groups is 2. The van der Waals surface area contributed by atoms with Crippen LogP contribution in [0.1, 0.15) is 25.3 Å². The van der Waals surface area contributed by atoms with Crippen molar-refractivity contribution >= 4 is 27.7 Å². The third-order valence-corrected chi connectivity index (χ3v) is 4.68. The number of ether oxygens (including phenoxy) is 1. The number of nitrogens with zero attached hydrogens (tertiary/aromatic N) is 1. The van der Waals surface area contributed by atoms with E-state index >= 15 is 0 Å². The Morgan fingerprint density at radius 2 is 2.17 bits per heavy atom. The third kappa shape index (κ3) is 5.95. The van der Waals surface area contributed by atoms with Gasteiger partial charge in [-0.25, -0.2) is 0 Å². The smallest absolute Gasteiger partial charge is 0.224 e. The number of nitrogens with one attached hydrogen (secondary N) is 1. The molecule has 1 fully saturated rings. The van der Waals surface area contributed by atoms with E-state index in [1.54, 1.807) is 11.8 Å². The van der Waals surface area contributed by atoms with E-state index in [-0.39, 0.29) is 17.9 Å². The molecule has 1 aromatic carbocycles. The molecule has 0 saturated carbocycles. The molecule has 0 bridgehead atoms. The highest BCUT2D eigenvalue weighted by Gasteiger charge is 2.20. The summed E-state index contributed by atoms with van der Waals surface area (Å²) < 4.78 is 6.50. The molecule has 0 spiro atoms. The Bertz CT molecular complexity index is 544. The second kappa shape index (κ2) is 9.03. The van der Waals surface area contributed by atoms with Crippen molar-refractivity contribution in [2.24, 2.45) is 0 Å². The highest BCUT2D eigenvalue weighted by molar-refractivity contribution is 9.10. The molecule has 0 aromatic heterocycles. The Kier molecular flexibility index (Phi) is 7.05. The third-order valence-electron chi connectivity index (χ3n) is 3.91. The molecule has 1 aliphatic heterocycles. The van der Waals surface area contributed by atoms with Crippen molar-refractivity contribution in [3.05, 3.63) is 34.3 Å². The number of hydrogen-bond donors (Lipinski definition) is 1. The molecule has 1 atom stereocenters. The van der Waals surface area contributed by atoms with Crippen LogP contribution < -0.4 is 5.32 Å². The first-order chi connectivity index (χ1) is 11.1. The van der Waals surface area contributed by atoms with Gasteiger partial charge in [-0.1, -0.05) is 34.1 Å². The average Bonchev–Trinajstić information content (AvgIpc) is 3.01. The molecule has 1 unspecified atom stereocenters. The zero-order valence-corrected chi connectivity index (χ0v) is 15.0. The minimum Gasteiger partial charge on any atom is -0.376 e. The fraction of sp³-hybridized carbons (Fsp3) is 0.529. The van der Waals surface area contributed by atoms with Crippen molar-refractivity contribution in [2.75, 3.05) is 26.2 Å². The maximum absolute atomic E-state index is 12.0. The second-order valence-electron chi connectivity index (χ2n) is 5.72. The lowest BCUT2D eigenvalue weighted by Crippen LogP contribution is -2.41. The summed E-state index contributed by atoms with van der Waals surface area (Å²) in [6.07, 6.45) is 2.51. The summed E-state index contributed by atoms with van der Waals surface area (Å²) in [5, 5.41) is 2.87. The Balaban J connectivity index is 1.74. The fourth-order valence-corrected chi connectivity index (χ4v) is 3.04. The van der Waals surface area contributed by atoms with E-state index in [2.05, 4.69) is 21.2 Å². The van der Waals surface area contributed by atoms with E-state index in [1.807, 2.05) is 24.3 Å². The molecular weight excluding hydrogens is 360 g/mol. The van der Waals surface area contributed by atoms with Crippen LogP contribution >= 0.6 is 15.9 Å². The van der Waals surface area contributed by atoms with Gasteiger partial charge in [0.15, 0.2) is 0 Å². The van der Waals surface area contributed by atoms with Gasteiger partial charge in [0.25, 0.3) is 0 Å². The molecule has 5 nitrogen and oxygen atoms in total. The first kappa shape index (κ1) is 17.9. The lowest BCUT2D eigenvalue weighted by atomic mass is 10.1. The Hall–Kier alpha value is -1.40. The first-order valence-electron chi connectivity index (χ1n) is 7.93. The summed E-state index contributed by atoms with van der Waals surface area (Å²) in [6.45, 7) is 3.90. The van der Waals surface area contributed by atoms with Crippen LogP contribution in [0.5, 0.6) is 0 Å². The summed E-state index contributed by atoms with van der Waals surface area (Å²) in [6, 6.07) is 7.67. The van der Waals surface area contributed by atoms with Crippen LogP contribution in [0.2, 0.25) is 0 Å². The normalized spacial score (nSPS) is 17.0. The molecule has 1 heterocycles. The number of hydrogen-bond acceptors (Lipinski definition) is 3. The minimum absolute atomic E-state index is 0.0144. The summed E-state index contributed by atoms with van der Waals surface area (Å²) in [4.78, 5) is 25.4. The second-order valence-corrected chi connectivity index (χ2v) is 6.57. The zero-order chi connectivity index (χ0) is 16.7. The number of rotatable bonds is 7. The van der Waals surface area contributed by atoms with Crippen molar-refractivity contribution in [1.82, 2.24) is 10.2 Å². The lowest BCUT2D eigenvalue weighted by molar-refractivity contribution is -0.131. The summed E-state index contributed by atoms with van der Waals surface area (Å²) in [7, 11) is 0. The van der Waals surface area contributed by atoms with Crippen molar-refractivity contribution in [3.63, 3.8) is 0 Å². The van der Waals surface area contributed by atoms with Crippen LogP contribution in [0, 0.1) is 0 Å². The molecule has 23 heavy (non-hydrogen) atoms. The SMILES string of the molecule is CC(=O)N(CCNC(=O)Cc1ccccc1Br)CC1CCCO1. The van der Waals surface area contributed by atoms with Gasteiger partial charge in [0.05, 0.1) is 12.5 Å². The molecular formula is C17H23BrN2O3. The van der Waals surface area contributed by atoms with Gasteiger partial charge in [-0.15, -0.1) is 0 Å². The fourth-order valence-electron chi connectivity index (χ4n) is 2.62. The maximum atomic E-state index is 12.0. The predicted molar refractivity (Wildman–Crippen MR) is 92.1 cm³/mol. The quantitative estimate of drug-likeness (QED) is 0.785. The van der Waals surface area contributed by atoms with Gasteiger partial charge in [-0.05, 0) is 24.5 Å². The van der Waals surface area contributed by atoms with Gasteiger partial charge in [0.1, 0.15) is 0 Å². The van der Waals surface area contributed by atoms with E-state index in [4.69, 9.17) is 4.74 Å². The molecule has 0 aliphatic carbocycles. The Morgan fingerprint density at radius 1 is 1.39 bits per heavy atom. The van der Waals surface area contributed by atoms with Crippen LogP contribution in [0.3, 0.4) is 0 Å². The van der Waals surface area contributed by atoms with Gasteiger partial charge in [0.2, 0.25) is 11.8 Å². The maximum Gasteiger partial charge on any atom is 0.224 e. The summed E-state index contributed by atoms with van der Waals surface area (Å²) in [5.41, 5.74) is 0.952. The molecule has 0 radical (unpaired) electrons. The van der Waals surface area contributed by atoms with Crippen LogP contribution in [0.15, 0.2) is 28.7 Å². The summed E-state index contributed by atoms with van der Waals surface area (Å²) >= 11 is 3.44. The largest absolute Gasteiger partial charge is 0.376 e. The van der Waals surface area contributed by atoms with E-state index in [9.17, 15) is 9.59 Å². The molecule has 1 aliphatic rings. The number of halogens is 1. The van der Waals surface area contributed by atoms with Crippen LogP contribution in [0.25, 0.3) is 0 Å². The predicted octanol–water partition coefficient (Wildman–Crippen LogP) is 2.14. The van der Waals surface area contributed by atoms with Crippen molar-refractivity contribution in [1.29, 1.82) is 0 Å². The highest BCUT2D eigenvalue weighted by atomic mass is 79.9.